The quantitative estimate of drug-likeness (QED) is 0.706. The molecule has 3 heteroatoms. The van der Waals surface area contributed by atoms with Gasteiger partial charge in [-0.2, -0.15) is 0 Å². The number of hydrogen-bond acceptors (Lipinski definition) is 1. The fraction of sp³-hybridized carbons (Fsp3) is 0.294. The Morgan fingerprint density at radius 1 is 1.10 bits per heavy atom. The smallest absolute Gasteiger partial charge is 0.0409 e. The molecule has 1 unspecified atom stereocenters. The molecule has 106 valence electrons. The number of benzene rings is 2. The summed E-state index contributed by atoms with van der Waals surface area (Å²) in [5.74, 6) is 0. The molecule has 2 atom stereocenters. The van der Waals surface area contributed by atoms with E-state index in [1.165, 1.54) is 11.1 Å². The lowest BCUT2D eigenvalue weighted by molar-refractivity contribution is 0.456. The lowest BCUT2D eigenvalue weighted by Gasteiger charge is -2.23. The van der Waals surface area contributed by atoms with Crippen LogP contribution in [-0.4, -0.2) is 0 Å². The van der Waals surface area contributed by atoms with Gasteiger partial charge in [-0.3, -0.25) is 0 Å². The summed E-state index contributed by atoms with van der Waals surface area (Å²) >= 11 is 9.60. The van der Waals surface area contributed by atoms with Gasteiger partial charge >= 0.3 is 0 Å². The highest BCUT2D eigenvalue weighted by molar-refractivity contribution is 9.10. The molecule has 2 aromatic rings. The molecule has 2 rings (SSSR count). The minimum absolute atomic E-state index is 0.262. The van der Waals surface area contributed by atoms with Crippen molar-refractivity contribution < 1.29 is 0 Å². The van der Waals surface area contributed by atoms with E-state index in [0.717, 1.165) is 15.9 Å². The average Bonchev–Trinajstić information content (AvgIpc) is 2.44. The molecule has 0 fully saturated rings. The van der Waals surface area contributed by atoms with Crippen molar-refractivity contribution in [1.82, 2.24) is 5.32 Å². The van der Waals surface area contributed by atoms with Crippen LogP contribution in [0, 0.1) is 0 Å². The average molecular weight is 353 g/mol. The minimum atomic E-state index is 0.262. The largest absolute Gasteiger partial charge is 0.303 e. The van der Waals surface area contributed by atoms with Gasteiger partial charge < -0.3 is 5.32 Å². The number of rotatable bonds is 5. The van der Waals surface area contributed by atoms with Crippen LogP contribution in [0.2, 0.25) is 5.02 Å². The van der Waals surface area contributed by atoms with Crippen LogP contribution in [0.4, 0.5) is 0 Å². The minimum Gasteiger partial charge on any atom is -0.303 e. The summed E-state index contributed by atoms with van der Waals surface area (Å²) in [4.78, 5) is 0. The zero-order chi connectivity index (χ0) is 14.5. The summed E-state index contributed by atoms with van der Waals surface area (Å²) in [6.07, 6.45) is 1.04. The SMILES string of the molecule is CCC(N[C@H](C)c1cccc(Cl)c1)c1cccc(Br)c1. The van der Waals surface area contributed by atoms with E-state index < -0.39 is 0 Å². The second kappa shape index (κ2) is 7.26. The summed E-state index contributed by atoms with van der Waals surface area (Å²) in [5, 5.41) is 4.46. The number of nitrogens with one attached hydrogen (secondary N) is 1. The highest BCUT2D eigenvalue weighted by atomic mass is 79.9. The van der Waals surface area contributed by atoms with Gasteiger partial charge in [0.05, 0.1) is 0 Å². The van der Waals surface area contributed by atoms with Crippen LogP contribution in [0.5, 0.6) is 0 Å². The van der Waals surface area contributed by atoms with E-state index in [0.29, 0.717) is 6.04 Å². The first-order valence-electron chi connectivity index (χ1n) is 6.87. The van der Waals surface area contributed by atoms with Gasteiger partial charge in [0.2, 0.25) is 0 Å². The molecule has 0 aliphatic rings. The molecule has 0 aliphatic carbocycles. The normalized spacial score (nSPS) is 14.0. The third-order valence-electron chi connectivity index (χ3n) is 3.46. The van der Waals surface area contributed by atoms with Crippen LogP contribution < -0.4 is 5.32 Å². The zero-order valence-corrected chi connectivity index (χ0v) is 14.1. The van der Waals surface area contributed by atoms with Crippen molar-refractivity contribution in [3.8, 4) is 0 Å². The first-order valence-corrected chi connectivity index (χ1v) is 8.04. The molecule has 0 aromatic heterocycles. The summed E-state index contributed by atoms with van der Waals surface area (Å²) in [6, 6.07) is 17.1. The summed E-state index contributed by atoms with van der Waals surface area (Å²) in [5.41, 5.74) is 2.52. The number of hydrogen-bond donors (Lipinski definition) is 1. The Balaban J connectivity index is 2.14. The van der Waals surface area contributed by atoms with E-state index >= 15 is 0 Å². The molecule has 0 aliphatic heterocycles. The second-order valence-corrected chi connectivity index (χ2v) is 6.31. The monoisotopic (exact) mass is 351 g/mol. The van der Waals surface area contributed by atoms with Crippen molar-refractivity contribution in [2.45, 2.75) is 32.4 Å². The first kappa shape index (κ1) is 15.6. The van der Waals surface area contributed by atoms with Crippen molar-refractivity contribution in [3.05, 3.63) is 69.2 Å². The van der Waals surface area contributed by atoms with E-state index in [-0.39, 0.29) is 6.04 Å². The fourth-order valence-electron chi connectivity index (χ4n) is 2.35. The molecule has 0 radical (unpaired) electrons. The fourth-order valence-corrected chi connectivity index (χ4v) is 2.96. The summed E-state index contributed by atoms with van der Waals surface area (Å²) in [6.45, 7) is 4.37. The Morgan fingerprint density at radius 3 is 2.45 bits per heavy atom. The third-order valence-corrected chi connectivity index (χ3v) is 4.19. The number of halogens is 2. The van der Waals surface area contributed by atoms with Gasteiger partial charge in [0.15, 0.2) is 0 Å². The standard InChI is InChI=1S/C17H19BrClN/c1-3-17(14-7-4-8-15(18)10-14)20-12(2)13-6-5-9-16(19)11-13/h4-12,17,20H,3H2,1-2H3/t12-,17?/m1/s1. The molecule has 0 bridgehead atoms. The van der Waals surface area contributed by atoms with Crippen LogP contribution in [-0.2, 0) is 0 Å². The van der Waals surface area contributed by atoms with Crippen molar-refractivity contribution in [1.29, 1.82) is 0 Å². The molecule has 1 N–H and O–H groups in total. The van der Waals surface area contributed by atoms with E-state index in [4.69, 9.17) is 11.6 Å². The molecule has 0 amide bonds. The maximum atomic E-state index is 6.06. The van der Waals surface area contributed by atoms with E-state index in [2.05, 4.69) is 65.4 Å². The maximum absolute atomic E-state index is 6.06. The van der Waals surface area contributed by atoms with Crippen molar-refractivity contribution in [2.24, 2.45) is 0 Å². The van der Waals surface area contributed by atoms with Crippen molar-refractivity contribution >= 4 is 27.5 Å². The Morgan fingerprint density at radius 2 is 1.80 bits per heavy atom. The van der Waals surface area contributed by atoms with Gasteiger partial charge in [0.1, 0.15) is 0 Å². The molecule has 0 saturated heterocycles. The molecule has 1 nitrogen and oxygen atoms in total. The van der Waals surface area contributed by atoms with Gasteiger partial charge in [0.25, 0.3) is 0 Å². The van der Waals surface area contributed by atoms with Crippen LogP contribution in [0.15, 0.2) is 53.0 Å². The summed E-state index contributed by atoms with van der Waals surface area (Å²) < 4.78 is 1.12. The van der Waals surface area contributed by atoms with Gasteiger partial charge in [-0.25, -0.2) is 0 Å². The van der Waals surface area contributed by atoms with Crippen LogP contribution in [0.3, 0.4) is 0 Å². The van der Waals surface area contributed by atoms with E-state index in [1.807, 2.05) is 18.2 Å². The van der Waals surface area contributed by atoms with Crippen molar-refractivity contribution in [2.75, 3.05) is 0 Å². The Kier molecular flexibility index (Phi) is 5.64. The topological polar surface area (TPSA) is 12.0 Å². The van der Waals surface area contributed by atoms with Gasteiger partial charge in [-0.15, -0.1) is 0 Å². The highest BCUT2D eigenvalue weighted by Crippen LogP contribution is 2.25. The molecule has 20 heavy (non-hydrogen) atoms. The Hall–Kier alpha value is -0.830. The maximum Gasteiger partial charge on any atom is 0.0409 e. The lowest BCUT2D eigenvalue weighted by atomic mass is 10.0. The predicted octanol–water partition coefficient (Wildman–Crippen LogP) is 5.90. The third kappa shape index (κ3) is 4.08. The molecule has 2 aromatic carbocycles. The molecule has 0 spiro atoms. The van der Waals surface area contributed by atoms with Gasteiger partial charge in [-0.1, -0.05) is 58.7 Å². The zero-order valence-electron chi connectivity index (χ0n) is 11.7. The molecular formula is C17H19BrClN. The molecular weight excluding hydrogens is 334 g/mol. The summed E-state index contributed by atoms with van der Waals surface area (Å²) in [7, 11) is 0. The van der Waals surface area contributed by atoms with Crippen LogP contribution in [0.25, 0.3) is 0 Å². The van der Waals surface area contributed by atoms with Crippen LogP contribution in [0.1, 0.15) is 43.5 Å². The van der Waals surface area contributed by atoms with E-state index in [1.54, 1.807) is 0 Å². The first-order chi connectivity index (χ1) is 9.60. The lowest BCUT2D eigenvalue weighted by Crippen LogP contribution is -2.24. The Labute approximate surface area is 134 Å². The molecule has 0 heterocycles. The highest BCUT2D eigenvalue weighted by Gasteiger charge is 2.14. The molecule has 0 saturated carbocycles. The second-order valence-electron chi connectivity index (χ2n) is 4.96. The predicted molar refractivity (Wildman–Crippen MR) is 90.2 cm³/mol. The van der Waals surface area contributed by atoms with E-state index in [9.17, 15) is 0 Å². The Bertz CT molecular complexity index is 570. The van der Waals surface area contributed by atoms with Gasteiger partial charge in [0, 0.05) is 21.6 Å². The van der Waals surface area contributed by atoms with Crippen LogP contribution >= 0.6 is 27.5 Å². The van der Waals surface area contributed by atoms with Gasteiger partial charge in [-0.05, 0) is 48.7 Å². The van der Waals surface area contributed by atoms with Crippen molar-refractivity contribution in [3.63, 3.8) is 0 Å².